The molecule has 1 amide bonds. The van der Waals surface area contributed by atoms with Crippen LogP contribution >= 0.6 is 0 Å². The van der Waals surface area contributed by atoms with E-state index in [1.54, 1.807) is 13.8 Å². The van der Waals surface area contributed by atoms with Crippen molar-refractivity contribution in [1.82, 2.24) is 0 Å². The fraction of sp³-hybridized carbons (Fsp3) is 0.467. The van der Waals surface area contributed by atoms with Gasteiger partial charge in [0.15, 0.2) is 0 Å². The maximum absolute atomic E-state index is 13.8. The molecule has 1 aliphatic rings. The van der Waals surface area contributed by atoms with Crippen molar-refractivity contribution >= 4 is 17.4 Å². The number of rotatable bonds is 3. The molecule has 1 fully saturated rings. The first kappa shape index (κ1) is 14.6. The van der Waals surface area contributed by atoms with Crippen LogP contribution in [0.2, 0.25) is 0 Å². The van der Waals surface area contributed by atoms with Crippen LogP contribution in [0.4, 0.5) is 14.5 Å². The molecule has 1 aliphatic heterocycles. The Morgan fingerprint density at radius 3 is 2.70 bits per heavy atom. The molecule has 0 aliphatic carbocycles. The van der Waals surface area contributed by atoms with Gasteiger partial charge in [0.25, 0.3) is 0 Å². The van der Waals surface area contributed by atoms with Gasteiger partial charge in [-0.05, 0) is 25.0 Å². The second-order valence-corrected chi connectivity index (χ2v) is 5.34. The lowest BCUT2D eigenvalue weighted by atomic mass is 9.87. The molecule has 0 radical (unpaired) electrons. The maximum atomic E-state index is 13.8. The molecule has 0 saturated carbocycles. The first-order valence-electron chi connectivity index (χ1n) is 6.72. The Labute approximate surface area is 116 Å². The number of nitrogens with zero attached hydrogens (tertiary/aromatic N) is 1. The minimum absolute atomic E-state index is 0.0868. The summed E-state index contributed by atoms with van der Waals surface area (Å²) in [6.07, 6.45) is 1.08. The van der Waals surface area contributed by atoms with Crippen molar-refractivity contribution in [3.05, 3.63) is 29.8 Å². The van der Waals surface area contributed by atoms with E-state index < -0.39 is 23.5 Å². The number of hydrogen-bond donors (Lipinski definition) is 0. The predicted molar refractivity (Wildman–Crippen MR) is 71.3 cm³/mol. The number of piperidine rings is 1. The molecule has 0 bridgehead atoms. The van der Waals surface area contributed by atoms with E-state index in [0.29, 0.717) is 19.4 Å². The van der Waals surface area contributed by atoms with Crippen LogP contribution in [0.3, 0.4) is 0 Å². The summed E-state index contributed by atoms with van der Waals surface area (Å²) >= 11 is 0. The van der Waals surface area contributed by atoms with E-state index in [1.807, 2.05) is 0 Å². The van der Waals surface area contributed by atoms with E-state index in [-0.39, 0.29) is 17.4 Å². The SMILES string of the molecule is CC(C)C(=O)C1CCCN(c2cc(F)ccc2F)C1=O. The fourth-order valence-electron chi connectivity index (χ4n) is 2.47. The zero-order valence-corrected chi connectivity index (χ0v) is 11.5. The number of amides is 1. The standard InChI is InChI=1S/C15H17F2NO2/c1-9(2)14(19)11-4-3-7-18(15(11)20)13-8-10(16)5-6-12(13)17/h5-6,8-9,11H,3-4,7H2,1-2H3. The minimum Gasteiger partial charge on any atom is -0.309 e. The Hall–Kier alpha value is -1.78. The number of carbonyl (C=O) groups excluding carboxylic acids is 2. The van der Waals surface area contributed by atoms with E-state index in [9.17, 15) is 18.4 Å². The van der Waals surface area contributed by atoms with Crippen LogP contribution < -0.4 is 4.90 Å². The first-order valence-corrected chi connectivity index (χ1v) is 6.72. The van der Waals surface area contributed by atoms with Gasteiger partial charge < -0.3 is 4.90 Å². The van der Waals surface area contributed by atoms with Crippen molar-refractivity contribution in [2.45, 2.75) is 26.7 Å². The summed E-state index contributed by atoms with van der Waals surface area (Å²) in [5.74, 6) is -2.83. The van der Waals surface area contributed by atoms with E-state index in [2.05, 4.69) is 0 Å². The molecule has 1 atom stereocenters. The Balaban J connectivity index is 2.31. The van der Waals surface area contributed by atoms with E-state index in [1.165, 1.54) is 4.90 Å². The maximum Gasteiger partial charge on any atom is 0.237 e. The topological polar surface area (TPSA) is 37.4 Å². The summed E-state index contributed by atoms with van der Waals surface area (Å²) in [6, 6.07) is 2.99. The average Bonchev–Trinajstić information content (AvgIpc) is 2.41. The fourth-order valence-corrected chi connectivity index (χ4v) is 2.47. The highest BCUT2D eigenvalue weighted by molar-refractivity contribution is 6.09. The first-order chi connectivity index (χ1) is 9.41. The lowest BCUT2D eigenvalue weighted by Gasteiger charge is -2.32. The molecule has 3 nitrogen and oxygen atoms in total. The summed E-state index contributed by atoms with van der Waals surface area (Å²) in [5.41, 5.74) is -0.0868. The molecule has 1 unspecified atom stereocenters. The number of ketones is 1. The second-order valence-electron chi connectivity index (χ2n) is 5.34. The average molecular weight is 281 g/mol. The van der Waals surface area contributed by atoms with Gasteiger partial charge in [-0.2, -0.15) is 0 Å². The van der Waals surface area contributed by atoms with Gasteiger partial charge in [-0.25, -0.2) is 8.78 Å². The Bertz CT molecular complexity index is 543. The van der Waals surface area contributed by atoms with Gasteiger partial charge in [0.05, 0.1) is 11.6 Å². The molecule has 1 saturated heterocycles. The van der Waals surface area contributed by atoms with Crippen LogP contribution in [-0.2, 0) is 9.59 Å². The van der Waals surface area contributed by atoms with Gasteiger partial charge in [-0.1, -0.05) is 13.8 Å². The molecule has 1 aromatic carbocycles. The van der Waals surface area contributed by atoms with Gasteiger partial charge in [0.1, 0.15) is 17.4 Å². The van der Waals surface area contributed by atoms with Gasteiger partial charge in [0, 0.05) is 18.5 Å². The van der Waals surface area contributed by atoms with Crippen LogP contribution in [0.15, 0.2) is 18.2 Å². The van der Waals surface area contributed by atoms with Crippen molar-refractivity contribution in [2.24, 2.45) is 11.8 Å². The quantitative estimate of drug-likeness (QED) is 0.799. The van der Waals surface area contributed by atoms with Crippen molar-refractivity contribution < 1.29 is 18.4 Å². The van der Waals surface area contributed by atoms with Gasteiger partial charge in [0.2, 0.25) is 5.91 Å². The predicted octanol–water partition coefficient (Wildman–Crippen LogP) is 2.93. The lowest BCUT2D eigenvalue weighted by Crippen LogP contribution is -2.45. The highest BCUT2D eigenvalue weighted by Crippen LogP contribution is 2.29. The number of halogens is 2. The Morgan fingerprint density at radius 1 is 1.35 bits per heavy atom. The minimum atomic E-state index is -0.744. The molecule has 1 heterocycles. The molecular weight excluding hydrogens is 264 g/mol. The van der Waals surface area contributed by atoms with Crippen molar-refractivity contribution in [1.29, 1.82) is 0 Å². The summed E-state index contributed by atoms with van der Waals surface area (Å²) in [6.45, 7) is 3.77. The van der Waals surface area contributed by atoms with Gasteiger partial charge in [-0.3, -0.25) is 9.59 Å². The van der Waals surface area contributed by atoms with Crippen LogP contribution in [0.1, 0.15) is 26.7 Å². The zero-order chi connectivity index (χ0) is 14.9. The van der Waals surface area contributed by atoms with E-state index in [0.717, 1.165) is 18.2 Å². The lowest BCUT2D eigenvalue weighted by molar-refractivity contribution is -0.135. The van der Waals surface area contributed by atoms with Crippen molar-refractivity contribution in [2.75, 3.05) is 11.4 Å². The number of hydrogen-bond acceptors (Lipinski definition) is 2. The summed E-state index contributed by atoms with van der Waals surface area (Å²) in [7, 11) is 0. The number of benzene rings is 1. The number of anilines is 1. The molecule has 20 heavy (non-hydrogen) atoms. The molecule has 2 rings (SSSR count). The third kappa shape index (κ3) is 2.71. The van der Waals surface area contributed by atoms with Gasteiger partial charge >= 0.3 is 0 Å². The molecular formula is C15H17F2NO2. The molecule has 108 valence electrons. The summed E-state index contributed by atoms with van der Waals surface area (Å²) in [4.78, 5) is 25.6. The Kier molecular flexibility index (Phi) is 4.16. The van der Waals surface area contributed by atoms with E-state index >= 15 is 0 Å². The second kappa shape index (κ2) is 5.69. The molecule has 1 aromatic rings. The smallest absolute Gasteiger partial charge is 0.237 e. The van der Waals surface area contributed by atoms with Gasteiger partial charge in [-0.15, -0.1) is 0 Å². The zero-order valence-electron chi connectivity index (χ0n) is 11.5. The van der Waals surface area contributed by atoms with Crippen LogP contribution in [0.5, 0.6) is 0 Å². The highest BCUT2D eigenvalue weighted by atomic mass is 19.1. The molecule has 0 N–H and O–H groups in total. The monoisotopic (exact) mass is 281 g/mol. The van der Waals surface area contributed by atoms with Crippen LogP contribution in [-0.4, -0.2) is 18.2 Å². The van der Waals surface area contributed by atoms with Crippen molar-refractivity contribution in [3.8, 4) is 0 Å². The summed E-state index contributed by atoms with van der Waals surface area (Å²) < 4.78 is 27.0. The van der Waals surface area contributed by atoms with Crippen LogP contribution in [0.25, 0.3) is 0 Å². The normalized spacial score (nSPS) is 19.6. The number of carbonyl (C=O) groups is 2. The third-order valence-electron chi connectivity index (χ3n) is 3.55. The largest absolute Gasteiger partial charge is 0.309 e. The van der Waals surface area contributed by atoms with Crippen molar-refractivity contribution in [3.63, 3.8) is 0 Å². The third-order valence-corrected chi connectivity index (χ3v) is 3.55. The van der Waals surface area contributed by atoms with Crippen LogP contribution in [0, 0.1) is 23.5 Å². The summed E-state index contributed by atoms with van der Waals surface area (Å²) in [5, 5.41) is 0. The number of Topliss-reactive ketones (excluding diaryl/α,β-unsaturated/α-hetero) is 1. The molecule has 0 aromatic heterocycles. The molecule has 0 spiro atoms. The molecule has 5 heteroatoms. The van der Waals surface area contributed by atoms with E-state index in [4.69, 9.17) is 0 Å². The highest BCUT2D eigenvalue weighted by Gasteiger charge is 2.36. The Morgan fingerprint density at radius 2 is 2.05 bits per heavy atom.